The Bertz CT molecular complexity index is 980. The number of carbonyl (C=O) groups excluding carboxylic acids is 1. The van der Waals surface area contributed by atoms with Crippen molar-refractivity contribution < 1.29 is 18.3 Å². The third-order valence-corrected chi connectivity index (χ3v) is 6.60. The fraction of sp³-hybridized carbons (Fsp3) is 0.412. The van der Waals surface area contributed by atoms with E-state index in [2.05, 4.69) is 5.10 Å². The van der Waals surface area contributed by atoms with Gasteiger partial charge in [0, 0.05) is 39.2 Å². The second kappa shape index (κ2) is 7.29. The van der Waals surface area contributed by atoms with E-state index < -0.39 is 28.0 Å². The number of rotatable bonds is 5. The van der Waals surface area contributed by atoms with Crippen LogP contribution < -0.4 is 5.56 Å². The van der Waals surface area contributed by atoms with Crippen molar-refractivity contribution in [2.24, 2.45) is 5.92 Å². The number of aliphatic hydroxyl groups excluding tert-OH is 1. The molecule has 9 nitrogen and oxygen atoms in total. The molecule has 0 bridgehead atoms. The number of amides is 1. The fourth-order valence-corrected chi connectivity index (χ4v) is 4.21. The molecular formula is C17H22N4O5S. The van der Waals surface area contributed by atoms with Gasteiger partial charge < -0.3 is 10.0 Å². The molecule has 0 radical (unpaired) electrons. The van der Waals surface area contributed by atoms with Gasteiger partial charge >= 0.3 is 0 Å². The van der Waals surface area contributed by atoms with Gasteiger partial charge in [-0.3, -0.25) is 14.7 Å². The number of para-hydroxylation sites is 1. The Morgan fingerprint density at radius 2 is 1.93 bits per heavy atom. The Labute approximate surface area is 156 Å². The molecule has 0 spiro atoms. The maximum Gasteiger partial charge on any atom is 0.272 e. The van der Waals surface area contributed by atoms with Crippen molar-refractivity contribution in [2.45, 2.75) is 6.10 Å². The van der Waals surface area contributed by atoms with Gasteiger partial charge in [0.2, 0.25) is 10.0 Å². The lowest BCUT2D eigenvalue weighted by Crippen LogP contribution is -2.33. The fourth-order valence-electron chi connectivity index (χ4n) is 3.05. The number of nitrogens with zero attached hydrogens (tertiary/aromatic N) is 3. The van der Waals surface area contributed by atoms with Gasteiger partial charge in [0.1, 0.15) is 5.69 Å². The molecule has 3 rings (SSSR count). The van der Waals surface area contributed by atoms with E-state index >= 15 is 0 Å². The molecule has 1 saturated heterocycles. The van der Waals surface area contributed by atoms with Crippen LogP contribution in [0.4, 0.5) is 0 Å². The smallest absolute Gasteiger partial charge is 0.272 e. The number of benzene rings is 1. The third kappa shape index (κ3) is 3.97. The first-order valence-corrected chi connectivity index (χ1v) is 10.0. The summed E-state index contributed by atoms with van der Waals surface area (Å²) >= 11 is 0. The van der Waals surface area contributed by atoms with Crippen molar-refractivity contribution in [1.29, 1.82) is 0 Å². The number of sulfonamides is 1. The van der Waals surface area contributed by atoms with Crippen LogP contribution in [0.1, 0.15) is 10.5 Å². The van der Waals surface area contributed by atoms with Crippen LogP contribution >= 0.6 is 0 Å². The molecule has 1 aliphatic rings. The Morgan fingerprint density at radius 3 is 2.56 bits per heavy atom. The van der Waals surface area contributed by atoms with Crippen LogP contribution in [0.15, 0.2) is 41.2 Å². The summed E-state index contributed by atoms with van der Waals surface area (Å²) in [6.45, 7) is 0.122. The summed E-state index contributed by atoms with van der Waals surface area (Å²) in [5.41, 5.74) is 0.307. The first-order chi connectivity index (χ1) is 12.7. The molecule has 1 aromatic carbocycles. The summed E-state index contributed by atoms with van der Waals surface area (Å²) in [6.07, 6.45) is -0.938. The highest BCUT2D eigenvalue weighted by atomic mass is 32.2. The molecule has 10 heteroatoms. The summed E-state index contributed by atoms with van der Waals surface area (Å²) in [5.74, 6) is -1.28. The zero-order chi connectivity index (χ0) is 19.8. The third-order valence-electron chi connectivity index (χ3n) is 4.64. The lowest BCUT2D eigenvalue weighted by atomic mass is 10.1. The predicted molar refractivity (Wildman–Crippen MR) is 99.3 cm³/mol. The van der Waals surface area contributed by atoms with Gasteiger partial charge in [-0.25, -0.2) is 17.4 Å². The van der Waals surface area contributed by atoms with Crippen molar-refractivity contribution in [2.75, 3.05) is 32.9 Å². The molecule has 0 unspecified atom stereocenters. The van der Waals surface area contributed by atoms with Crippen LogP contribution in [0.3, 0.4) is 0 Å². The molecule has 27 heavy (non-hydrogen) atoms. The van der Waals surface area contributed by atoms with Gasteiger partial charge in [-0.15, -0.1) is 0 Å². The number of H-pyrrole nitrogens is 1. The number of likely N-dealkylation sites (tertiary alicyclic amines) is 1. The lowest BCUT2D eigenvalue weighted by molar-refractivity contribution is 0.0758. The van der Waals surface area contributed by atoms with Crippen LogP contribution in [0.2, 0.25) is 0 Å². The molecule has 2 atom stereocenters. The molecule has 1 amide bonds. The van der Waals surface area contributed by atoms with Gasteiger partial charge in [0.05, 0.1) is 17.5 Å². The van der Waals surface area contributed by atoms with Crippen LogP contribution in [0, 0.1) is 5.92 Å². The van der Waals surface area contributed by atoms with Gasteiger partial charge in [-0.1, -0.05) is 18.2 Å². The molecule has 0 aliphatic carbocycles. The van der Waals surface area contributed by atoms with E-state index in [4.69, 9.17) is 0 Å². The maximum absolute atomic E-state index is 12.7. The Kier molecular flexibility index (Phi) is 5.22. The van der Waals surface area contributed by atoms with Gasteiger partial charge in [0.25, 0.3) is 11.5 Å². The first-order valence-electron chi connectivity index (χ1n) is 8.44. The number of nitrogens with one attached hydrogen (secondary N) is 1. The SMILES string of the molecule is CN(C)S(=O)(=O)C[C@@H]1CN(C(=O)c2cc(=O)n(-c3ccccc3)[nH]2)C[C@@H]1O. The zero-order valence-corrected chi connectivity index (χ0v) is 15.9. The second-order valence-electron chi connectivity index (χ2n) is 6.78. The van der Waals surface area contributed by atoms with Crippen LogP contribution in [-0.2, 0) is 10.0 Å². The summed E-state index contributed by atoms with van der Waals surface area (Å²) in [4.78, 5) is 26.2. The van der Waals surface area contributed by atoms with Crippen LogP contribution in [0.5, 0.6) is 0 Å². The molecule has 1 fully saturated rings. The standard InChI is InChI=1S/C17H22N4O5S/c1-19(2)27(25,26)11-12-9-20(10-15(12)22)17(24)14-8-16(23)21(18-14)13-6-4-3-5-7-13/h3-8,12,15,18,22H,9-11H2,1-2H3/t12-,15-/m0/s1. The minimum absolute atomic E-state index is 0.0188. The van der Waals surface area contributed by atoms with Crippen LogP contribution in [0.25, 0.3) is 5.69 Å². The molecule has 0 saturated carbocycles. The summed E-state index contributed by atoms with van der Waals surface area (Å²) in [7, 11) is -0.639. The van der Waals surface area contributed by atoms with Crippen molar-refractivity contribution >= 4 is 15.9 Å². The zero-order valence-electron chi connectivity index (χ0n) is 15.1. The summed E-state index contributed by atoms with van der Waals surface area (Å²) in [5, 5.41) is 13.0. The van der Waals surface area contributed by atoms with E-state index in [1.807, 2.05) is 6.07 Å². The minimum atomic E-state index is -3.49. The Morgan fingerprint density at radius 1 is 1.26 bits per heavy atom. The molecule has 1 aromatic heterocycles. The Balaban J connectivity index is 1.77. The first kappa shape index (κ1) is 19.3. The number of hydrogen-bond acceptors (Lipinski definition) is 5. The normalized spacial score (nSPS) is 20.4. The highest BCUT2D eigenvalue weighted by Gasteiger charge is 2.38. The highest BCUT2D eigenvalue weighted by molar-refractivity contribution is 7.89. The summed E-state index contributed by atoms with van der Waals surface area (Å²) < 4.78 is 26.4. The molecular weight excluding hydrogens is 372 g/mol. The topological polar surface area (TPSA) is 116 Å². The van der Waals surface area contributed by atoms with Crippen molar-refractivity contribution in [3.63, 3.8) is 0 Å². The van der Waals surface area contributed by atoms with E-state index in [1.165, 1.54) is 29.7 Å². The maximum atomic E-state index is 12.7. The van der Waals surface area contributed by atoms with E-state index in [9.17, 15) is 23.1 Å². The molecule has 2 heterocycles. The van der Waals surface area contributed by atoms with Gasteiger partial charge in [0.15, 0.2) is 0 Å². The average Bonchev–Trinajstić information content (AvgIpc) is 3.18. The quantitative estimate of drug-likeness (QED) is 0.709. The number of carbonyl (C=O) groups is 1. The minimum Gasteiger partial charge on any atom is -0.391 e. The average molecular weight is 394 g/mol. The Hall–Kier alpha value is -2.43. The molecule has 2 aromatic rings. The second-order valence-corrected chi connectivity index (χ2v) is 9.00. The molecule has 2 N–H and O–H groups in total. The van der Waals surface area contributed by atoms with Crippen molar-refractivity contribution in [3.8, 4) is 5.69 Å². The van der Waals surface area contributed by atoms with Crippen molar-refractivity contribution in [1.82, 2.24) is 19.0 Å². The lowest BCUT2D eigenvalue weighted by Gasteiger charge is -2.17. The van der Waals surface area contributed by atoms with Crippen LogP contribution in [-0.4, -0.2) is 77.5 Å². The van der Waals surface area contributed by atoms with Gasteiger partial charge in [-0.05, 0) is 12.1 Å². The van der Waals surface area contributed by atoms with E-state index in [0.29, 0.717) is 5.69 Å². The largest absolute Gasteiger partial charge is 0.391 e. The predicted octanol–water partition coefficient (Wildman–Crippen LogP) is -0.510. The van der Waals surface area contributed by atoms with Crippen molar-refractivity contribution in [3.05, 3.63) is 52.4 Å². The van der Waals surface area contributed by atoms with Gasteiger partial charge in [-0.2, -0.15) is 0 Å². The number of aliphatic hydroxyl groups is 1. The monoisotopic (exact) mass is 394 g/mol. The number of hydrogen-bond donors (Lipinski definition) is 2. The summed E-state index contributed by atoms with van der Waals surface area (Å²) in [6, 6.07) is 10.0. The van der Waals surface area contributed by atoms with E-state index in [-0.39, 0.29) is 30.1 Å². The van der Waals surface area contributed by atoms with E-state index in [1.54, 1.807) is 24.3 Å². The van der Waals surface area contributed by atoms with E-state index in [0.717, 1.165) is 4.31 Å². The number of aromatic amines is 1. The molecule has 146 valence electrons. The number of aromatic nitrogens is 2. The highest BCUT2D eigenvalue weighted by Crippen LogP contribution is 2.21. The molecule has 1 aliphatic heterocycles. The number of β-amino-alcohol motifs (C(OH)–C–C–N with tert-alkyl or cyclic N) is 1.